The fourth-order valence-corrected chi connectivity index (χ4v) is 3.00. The average molecular weight is 342 g/mol. The highest BCUT2D eigenvalue weighted by Crippen LogP contribution is 2.41. The third-order valence-corrected chi connectivity index (χ3v) is 4.08. The van der Waals surface area contributed by atoms with Crippen molar-refractivity contribution >= 4 is 17.7 Å². The van der Waals surface area contributed by atoms with Gasteiger partial charge in [0.05, 0.1) is 25.8 Å². The van der Waals surface area contributed by atoms with Gasteiger partial charge in [0.15, 0.2) is 11.5 Å². The van der Waals surface area contributed by atoms with Gasteiger partial charge in [-0.25, -0.2) is 4.79 Å². The Balaban J connectivity index is 2.34. The summed E-state index contributed by atoms with van der Waals surface area (Å²) >= 11 is 6.50. The van der Waals surface area contributed by atoms with Crippen LogP contribution < -0.4 is 9.47 Å². The van der Waals surface area contributed by atoms with Crippen molar-refractivity contribution in [2.75, 3.05) is 20.8 Å². The van der Waals surface area contributed by atoms with Crippen molar-refractivity contribution in [3.05, 3.63) is 22.2 Å². The third-order valence-electron chi connectivity index (χ3n) is 3.68. The highest BCUT2D eigenvalue weighted by molar-refractivity contribution is 6.33. The van der Waals surface area contributed by atoms with E-state index in [9.17, 15) is 4.79 Å². The summed E-state index contributed by atoms with van der Waals surface area (Å²) in [6.45, 7) is 6.61. The number of ether oxygens (including phenoxy) is 3. The largest absolute Gasteiger partial charge is 0.493 e. The van der Waals surface area contributed by atoms with E-state index in [1.807, 2.05) is 26.8 Å². The summed E-state index contributed by atoms with van der Waals surface area (Å²) in [4.78, 5) is 14.1. The Morgan fingerprint density at radius 3 is 2.52 bits per heavy atom. The van der Waals surface area contributed by atoms with Gasteiger partial charge in [-0.05, 0) is 50.8 Å². The SMILES string of the molecule is COc1cc2c(c(Cl)c1OC)CN(C(=O)OC(C)(C)C)CCC2. The highest BCUT2D eigenvalue weighted by Gasteiger charge is 2.27. The Hall–Kier alpha value is -1.62. The van der Waals surface area contributed by atoms with Gasteiger partial charge < -0.3 is 19.1 Å². The zero-order valence-corrected chi connectivity index (χ0v) is 15.1. The molecule has 1 amide bonds. The van der Waals surface area contributed by atoms with Gasteiger partial charge in [0.25, 0.3) is 0 Å². The van der Waals surface area contributed by atoms with Crippen molar-refractivity contribution in [3.63, 3.8) is 0 Å². The number of rotatable bonds is 2. The number of methoxy groups -OCH3 is 2. The first-order chi connectivity index (χ1) is 10.8. The molecule has 5 nitrogen and oxygen atoms in total. The molecular formula is C17H24ClNO4. The monoisotopic (exact) mass is 341 g/mol. The standard InChI is InChI=1S/C17H24ClNO4/c1-17(2,3)23-16(20)19-8-6-7-11-9-13(21-4)15(22-5)14(18)12(11)10-19/h9H,6-8,10H2,1-5H3. The van der Waals surface area contributed by atoms with Crippen LogP contribution in [0.3, 0.4) is 0 Å². The molecule has 0 fully saturated rings. The van der Waals surface area contributed by atoms with Crippen LogP contribution in [0.1, 0.15) is 38.3 Å². The van der Waals surface area contributed by atoms with Crippen LogP contribution in [-0.2, 0) is 17.7 Å². The maximum Gasteiger partial charge on any atom is 0.410 e. The maximum atomic E-state index is 12.4. The van der Waals surface area contributed by atoms with E-state index in [4.69, 9.17) is 25.8 Å². The fourth-order valence-electron chi connectivity index (χ4n) is 2.65. The Kier molecular flexibility index (Phi) is 5.30. The minimum Gasteiger partial charge on any atom is -0.493 e. The first-order valence-corrected chi connectivity index (χ1v) is 8.04. The number of halogens is 1. The molecule has 2 rings (SSSR count). The fraction of sp³-hybridized carbons (Fsp3) is 0.588. The van der Waals surface area contributed by atoms with E-state index in [-0.39, 0.29) is 6.09 Å². The Labute approximate surface area is 142 Å². The summed E-state index contributed by atoms with van der Waals surface area (Å²) in [5.41, 5.74) is 1.46. The van der Waals surface area contributed by atoms with E-state index < -0.39 is 5.60 Å². The van der Waals surface area contributed by atoms with E-state index >= 15 is 0 Å². The second kappa shape index (κ2) is 6.87. The van der Waals surface area contributed by atoms with Gasteiger partial charge in [-0.2, -0.15) is 0 Å². The number of amides is 1. The number of aryl methyl sites for hydroxylation is 1. The number of carbonyl (C=O) groups is 1. The van der Waals surface area contributed by atoms with E-state index in [1.165, 1.54) is 0 Å². The van der Waals surface area contributed by atoms with E-state index in [0.717, 1.165) is 24.0 Å². The van der Waals surface area contributed by atoms with Gasteiger partial charge in [-0.3, -0.25) is 0 Å². The van der Waals surface area contributed by atoms with Crippen molar-refractivity contribution < 1.29 is 19.0 Å². The van der Waals surface area contributed by atoms with Gasteiger partial charge in [0, 0.05) is 6.54 Å². The van der Waals surface area contributed by atoms with Crippen LogP contribution in [0.25, 0.3) is 0 Å². The predicted octanol–water partition coefficient (Wildman–Crippen LogP) is 4.04. The third kappa shape index (κ3) is 4.02. The molecule has 1 aliphatic heterocycles. The van der Waals surface area contributed by atoms with Crippen LogP contribution in [0.2, 0.25) is 5.02 Å². The zero-order valence-electron chi connectivity index (χ0n) is 14.4. The van der Waals surface area contributed by atoms with Crippen LogP contribution in [0.4, 0.5) is 4.79 Å². The predicted molar refractivity (Wildman–Crippen MR) is 89.5 cm³/mol. The summed E-state index contributed by atoms with van der Waals surface area (Å²) < 4.78 is 16.2. The number of fused-ring (bicyclic) bond motifs is 1. The van der Waals surface area contributed by atoms with E-state index in [0.29, 0.717) is 29.6 Å². The first-order valence-electron chi connectivity index (χ1n) is 7.67. The molecule has 0 N–H and O–H groups in total. The molecule has 0 unspecified atom stereocenters. The van der Waals surface area contributed by atoms with Crippen molar-refractivity contribution in [1.29, 1.82) is 0 Å². The second-order valence-corrected chi connectivity index (χ2v) is 6.95. The highest BCUT2D eigenvalue weighted by atomic mass is 35.5. The van der Waals surface area contributed by atoms with Crippen LogP contribution >= 0.6 is 11.6 Å². The minimum absolute atomic E-state index is 0.323. The maximum absolute atomic E-state index is 12.4. The molecule has 0 radical (unpaired) electrons. The number of hydrogen-bond acceptors (Lipinski definition) is 4. The quantitative estimate of drug-likeness (QED) is 0.814. The van der Waals surface area contributed by atoms with Gasteiger partial charge >= 0.3 is 6.09 Å². The molecule has 6 heteroatoms. The molecule has 0 bridgehead atoms. The Morgan fingerprint density at radius 1 is 1.26 bits per heavy atom. The summed E-state index contributed by atoms with van der Waals surface area (Å²) in [6, 6.07) is 1.94. The Morgan fingerprint density at radius 2 is 1.96 bits per heavy atom. The van der Waals surface area contributed by atoms with Crippen molar-refractivity contribution in [1.82, 2.24) is 4.90 Å². The van der Waals surface area contributed by atoms with Crippen molar-refractivity contribution in [2.45, 2.75) is 45.8 Å². The van der Waals surface area contributed by atoms with Gasteiger partial charge in [0.2, 0.25) is 0 Å². The number of nitrogens with zero attached hydrogens (tertiary/aromatic N) is 1. The van der Waals surface area contributed by atoms with Crippen LogP contribution in [0, 0.1) is 0 Å². The molecule has 0 atom stereocenters. The smallest absolute Gasteiger partial charge is 0.410 e. The molecule has 1 aromatic carbocycles. The molecule has 0 aliphatic carbocycles. The lowest BCUT2D eigenvalue weighted by Gasteiger charge is -2.27. The van der Waals surface area contributed by atoms with Crippen LogP contribution in [0.15, 0.2) is 6.07 Å². The molecule has 1 heterocycles. The summed E-state index contributed by atoms with van der Waals surface area (Å²) in [6.07, 6.45) is 1.35. The lowest BCUT2D eigenvalue weighted by atomic mass is 10.0. The van der Waals surface area contributed by atoms with E-state index in [2.05, 4.69) is 0 Å². The molecule has 0 saturated heterocycles. The molecule has 0 spiro atoms. The number of hydrogen-bond donors (Lipinski definition) is 0. The lowest BCUT2D eigenvalue weighted by Crippen LogP contribution is -2.36. The normalized spacial score (nSPS) is 14.8. The summed E-state index contributed by atoms with van der Waals surface area (Å²) in [5, 5.41) is 0.498. The van der Waals surface area contributed by atoms with Crippen LogP contribution in [0.5, 0.6) is 11.5 Å². The van der Waals surface area contributed by atoms with Gasteiger partial charge in [0.1, 0.15) is 5.60 Å². The Bertz CT molecular complexity index is 595. The molecule has 128 valence electrons. The summed E-state index contributed by atoms with van der Waals surface area (Å²) in [7, 11) is 3.14. The number of benzene rings is 1. The van der Waals surface area contributed by atoms with Crippen molar-refractivity contribution in [2.24, 2.45) is 0 Å². The lowest BCUT2D eigenvalue weighted by molar-refractivity contribution is 0.0237. The number of carbonyl (C=O) groups excluding carboxylic acids is 1. The van der Waals surface area contributed by atoms with Gasteiger partial charge in [-0.1, -0.05) is 11.6 Å². The molecule has 0 aromatic heterocycles. The molecule has 23 heavy (non-hydrogen) atoms. The minimum atomic E-state index is -0.520. The second-order valence-electron chi connectivity index (χ2n) is 6.57. The van der Waals surface area contributed by atoms with Crippen LogP contribution in [-0.4, -0.2) is 37.4 Å². The molecule has 0 saturated carbocycles. The first kappa shape index (κ1) is 17.7. The topological polar surface area (TPSA) is 48.0 Å². The average Bonchev–Trinajstić information content (AvgIpc) is 2.67. The summed E-state index contributed by atoms with van der Waals surface area (Å²) in [5.74, 6) is 1.11. The molecule has 1 aromatic rings. The molecular weight excluding hydrogens is 318 g/mol. The molecule has 1 aliphatic rings. The van der Waals surface area contributed by atoms with Gasteiger partial charge in [-0.15, -0.1) is 0 Å². The van der Waals surface area contributed by atoms with E-state index in [1.54, 1.807) is 19.1 Å². The zero-order chi connectivity index (χ0) is 17.2. The van der Waals surface area contributed by atoms with Crippen molar-refractivity contribution in [3.8, 4) is 11.5 Å².